The Labute approximate surface area is 332 Å². The molecule has 0 atom stereocenters. The van der Waals surface area contributed by atoms with E-state index in [1.807, 2.05) is 12.1 Å². The molecule has 7 aromatic carbocycles. The fourth-order valence-electron chi connectivity index (χ4n) is 9.31. The molecule has 0 amide bonds. The summed E-state index contributed by atoms with van der Waals surface area (Å²) >= 11 is 0. The summed E-state index contributed by atoms with van der Waals surface area (Å²) in [5.74, 6) is 2.77. The van der Waals surface area contributed by atoms with Crippen LogP contribution in [0, 0.1) is 0 Å². The maximum atomic E-state index is 5.27. The third-order valence-corrected chi connectivity index (χ3v) is 12.3. The minimum atomic E-state index is -0.153. The van der Waals surface area contributed by atoms with Crippen LogP contribution in [0.25, 0.3) is 84.5 Å². The van der Waals surface area contributed by atoms with Gasteiger partial charge in [-0.05, 0) is 87.0 Å². The number of hydrogen-bond donors (Lipinski definition) is 0. The molecule has 0 unspecified atom stereocenters. The van der Waals surface area contributed by atoms with Gasteiger partial charge >= 0.3 is 0 Å². The molecule has 0 aliphatic heterocycles. The maximum absolute atomic E-state index is 5.27. The number of hydrogen-bond acceptors (Lipinski definition) is 4. The Kier molecular flexibility index (Phi) is 7.18. The predicted octanol–water partition coefficient (Wildman–Crippen LogP) is 12.5. The van der Waals surface area contributed by atoms with Crippen molar-refractivity contribution in [2.45, 2.75) is 38.5 Å². The minimum Gasteiger partial charge on any atom is -0.292 e. The Morgan fingerprint density at radius 1 is 0.368 bits per heavy atom. The molecule has 2 heterocycles. The Bertz CT molecular complexity index is 2950. The van der Waals surface area contributed by atoms with Crippen LogP contribution in [0.2, 0.25) is 0 Å². The average Bonchev–Trinajstić information content (AvgIpc) is 3.84. The summed E-state index contributed by atoms with van der Waals surface area (Å²) in [4.78, 5) is 21.0. The minimum absolute atomic E-state index is 0.153. The number of benzene rings is 7. The molecule has 11 rings (SSSR count). The summed E-state index contributed by atoms with van der Waals surface area (Å²) in [7, 11) is 0. The van der Waals surface area contributed by atoms with Gasteiger partial charge in [-0.25, -0.2) is 19.9 Å². The molecular formula is C52H39N5. The van der Waals surface area contributed by atoms with Gasteiger partial charge in [0, 0.05) is 38.8 Å². The van der Waals surface area contributed by atoms with Gasteiger partial charge in [0.1, 0.15) is 5.82 Å². The molecule has 0 saturated carbocycles. The lowest BCUT2D eigenvalue weighted by Gasteiger charge is -2.22. The fourth-order valence-corrected chi connectivity index (χ4v) is 9.31. The molecule has 0 spiro atoms. The smallest absolute Gasteiger partial charge is 0.164 e. The molecule has 5 heteroatoms. The third kappa shape index (κ3) is 5.08. The van der Waals surface area contributed by atoms with Crippen LogP contribution in [-0.4, -0.2) is 24.5 Å². The summed E-state index contributed by atoms with van der Waals surface area (Å²) in [6, 6.07) is 58.1. The quantitative estimate of drug-likeness (QED) is 0.177. The Morgan fingerprint density at radius 3 is 1.44 bits per heavy atom. The van der Waals surface area contributed by atoms with Gasteiger partial charge in [0.25, 0.3) is 0 Å². The van der Waals surface area contributed by atoms with Gasteiger partial charge in [-0.2, -0.15) is 0 Å². The number of fused-ring (bicyclic) bond motifs is 7. The van der Waals surface area contributed by atoms with Gasteiger partial charge < -0.3 is 0 Å². The highest BCUT2D eigenvalue weighted by Crippen LogP contribution is 2.51. The monoisotopic (exact) mass is 733 g/mol. The first-order valence-electron chi connectivity index (χ1n) is 19.6. The number of aromatic nitrogens is 5. The highest BCUT2D eigenvalue weighted by atomic mass is 15.1. The van der Waals surface area contributed by atoms with E-state index >= 15 is 0 Å². The van der Waals surface area contributed by atoms with Crippen molar-refractivity contribution in [1.82, 2.24) is 24.5 Å². The van der Waals surface area contributed by atoms with Gasteiger partial charge in [-0.15, -0.1) is 0 Å². The molecule has 0 radical (unpaired) electrons. The molecule has 2 aliphatic carbocycles. The zero-order chi connectivity index (χ0) is 38.5. The molecule has 0 bridgehead atoms. The van der Waals surface area contributed by atoms with Gasteiger partial charge in [-0.1, -0.05) is 149 Å². The van der Waals surface area contributed by atoms with E-state index in [0.717, 1.165) is 44.8 Å². The molecule has 0 fully saturated rings. The normalized spacial score (nSPS) is 14.2. The van der Waals surface area contributed by atoms with Crippen molar-refractivity contribution in [3.05, 3.63) is 186 Å². The van der Waals surface area contributed by atoms with Crippen LogP contribution in [0.1, 0.15) is 49.9 Å². The first-order chi connectivity index (χ1) is 27.8. The van der Waals surface area contributed by atoms with Crippen molar-refractivity contribution in [2.75, 3.05) is 0 Å². The van der Waals surface area contributed by atoms with Crippen LogP contribution < -0.4 is 0 Å². The molecule has 9 aromatic rings. The van der Waals surface area contributed by atoms with Crippen LogP contribution >= 0.6 is 0 Å². The second-order valence-electron chi connectivity index (χ2n) is 16.3. The first-order valence-corrected chi connectivity index (χ1v) is 19.6. The number of para-hydroxylation sites is 3. The largest absolute Gasteiger partial charge is 0.292 e. The van der Waals surface area contributed by atoms with E-state index in [-0.39, 0.29) is 10.8 Å². The van der Waals surface area contributed by atoms with E-state index in [0.29, 0.717) is 17.5 Å². The topological polar surface area (TPSA) is 56.5 Å². The van der Waals surface area contributed by atoms with Crippen molar-refractivity contribution < 1.29 is 0 Å². The molecule has 0 N–H and O–H groups in total. The zero-order valence-electron chi connectivity index (χ0n) is 32.3. The molecule has 272 valence electrons. The lowest BCUT2D eigenvalue weighted by Crippen LogP contribution is -2.15. The summed E-state index contributed by atoms with van der Waals surface area (Å²) in [5.41, 5.74) is 16.9. The summed E-state index contributed by atoms with van der Waals surface area (Å²) in [6.45, 7) is 9.24. The van der Waals surface area contributed by atoms with Crippen LogP contribution in [-0.2, 0) is 10.8 Å². The van der Waals surface area contributed by atoms with E-state index in [1.165, 1.54) is 44.5 Å². The van der Waals surface area contributed by atoms with Crippen molar-refractivity contribution >= 4 is 11.0 Å². The zero-order valence-corrected chi connectivity index (χ0v) is 32.3. The van der Waals surface area contributed by atoms with E-state index in [2.05, 4.69) is 184 Å². The Hall–Kier alpha value is -6.98. The van der Waals surface area contributed by atoms with E-state index in [1.54, 1.807) is 0 Å². The number of imidazole rings is 1. The second kappa shape index (κ2) is 12.3. The molecule has 0 saturated heterocycles. The molecule has 57 heavy (non-hydrogen) atoms. The Balaban J connectivity index is 1.09. The molecule has 5 nitrogen and oxygen atoms in total. The lowest BCUT2D eigenvalue weighted by atomic mass is 9.82. The summed E-state index contributed by atoms with van der Waals surface area (Å²) in [6.07, 6.45) is 0. The third-order valence-electron chi connectivity index (χ3n) is 12.3. The number of nitrogens with zero attached hydrogens (tertiary/aromatic N) is 5. The van der Waals surface area contributed by atoms with Crippen molar-refractivity contribution in [3.63, 3.8) is 0 Å². The van der Waals surface area contributed by atoms with Crippen LogP contribution in [0.4, 0.5) is 0 Å². The van der Waals surface area contributed by atoms with E-state index in [9.17, 15) is 0 Å². The van der Waals surface area contributed by atoms with Gasteiger partial charge in [0.15, 0.2) is 17.5 Å². The van der Waals surface area contributed by atoms with E-state index < -0.39 is 0 Å². The molecule has 2 aliphatic rings. The average molecular weight is 734 g/mol. The van der Waals surface area contributed by atoms with Gasteiger partial charge in [-0.3, -0.25) is 4.57 Å². The van der Waals surface area contributed by atoms with Crippen LogP contribution in [0.5, 0.6) is 0 Å². The first kappa shape index (κ1) is 33.4. The predicted molar refractivity (Wildman–Crippen MR) is 231 cm³/mol. The van der Waals surface area contributed by atoms with E-state index in [4.69, 9.17) is 19.9 Å². The standard InChI is InChI=1S/C52H39N5/c1-51(2)41-21-10-8-19-37(41)39-27-25-33(30-43(39)51)48-54-47(55-49(56-48)34-26-28-40-38-20-9-11-22-42(38)52(3,4)44(40)31-34)32-15-14-16-35(29-32)50-53-45-23-12-13-24-46(45)57(50)36-17-6-5-7-18-36/h5-31H,1-4H3. The second-order valence-corrected chi connectivity index (χ2v) is 16.3. The molecule has 2 aromatic heterocycles. The molecular weight excluding hydrogens is 695 g/mol. The van der Waals surface area contributed by atoms with Crippen LogP contribution in [0.15, 0.2) is 164 Å². The SMILES string of the molecule is CC1(C)c2ccccc2-c2ccc(-c3nc(-c4cccc(-c5nc6ccccc6n5-c5ccccc5)c4)nc(-c4ccc5c(c4)C(C)(C)c4ccccc4-5)n3)cc21. The van der Waals surface area contributed by atoms with Crippen molar-refractivity contribution in [3.8, 4) is 73.5 Å². The highest BCUT2D eigenvalue weighted by molar-refractivity contribution is 5.86. The maximum Gasteiger partial charge on any atom is 0.164 e. The van der Waals surface area contributed by atoms with Crippen LogP contribution in [0.3, 0.4) is 0 Å². The fraction of sp³-hybridized carbons (Fsp3) is 0.115. The Morgan fingerprint density at radius 2 is 0.842 bits per heavy atom. The summed E-state index contributed by atoms with van der Waals surface area (Å²) in [5, 5.41) is 0. The van der Waals surface area contributed by atoms with Gasteiger partial charge in [0.05, 0.1) is 11.0 Å². The lowest BCUT2D eigenvalue weighted by molar-refractivity contribution is 0.660. The van der Waals surface area contributed by atoms with Crippen molar-refractivity contribution in [2.24, 2.45) is 0 Å². The van der Waals surface area contributed by atoms with Crippen molar-refractivity contribution in [1.29, 1.82) is 0 Å². The highest BCUT2D eigenvalue weighted by Gasteiger charge is 2.37. The summed E-state index contributed by atoms with van der Waals surface area (Å²) < 4.78 is 2.23. The van der Waals surface area contributed by atoms with Gasteiger partial charge in [0.2, 0.25) is 0 Å². The number of rotatable bonds is 5.